The fourth-order valence-corrected chi connectivity index (χ4v) is 3.57. The molecular formula is C23H32N2O5S. The fraction of sp³-hybridized carbons (Fsp3) is 0.435. The molecule has 1 unspecified atom stereocenters. The Morgan fingerprint density at radius 2 is 1.71 bits per heavy atom. The van der Waals surface area contributed by atoms with Crippen molar-refractivity contribution >= 4 is 16.0 Å². The van der Waals surface area contributed by atoms with Gasteiger partial charge < -0.3 is 14.9 Å². The van der Waals surface area contributed by atoms with Gasteiger partial charge in [-0.2, -0.15) is 8.42 Å². The highest BCUT2D eigenvalue weighted by Crippen LogP contribution is 2.26. The molecule has 7 nitrogen and oxygen atoms in total. The summed E-state index contributed by atoms with van der Waals surface area (Å²) in [4.78, 5) is 17.2. The Morgan fingerprint density at radius 3 is 2.26 bits per heavy atom. The van der Waals surface area contributed by atoms with Gasteiger partial charge in [0.2, 0.25) is 5.91 Å². The number of carbonyl (C=O) groups excluding carboxylic acids is 1. The molecule has 1 amide bonds. The van der Waals surface area contributed by atoms with E-state index in [-0.39, 0.29) is 17.7 Å². The second-order valence-corrected chi connectivity index (χ2v) is 9.48. The molecule has 170 valence electrons. The summed E-state index contributed by atoms with van der Waals surface area (Å²) in [6, 6.07) is 15.4. The molecule has 0 bridgehead atoms. The van der Waals surface area contributed by atoms with Gasteiger partial charge in [-0.3, -0.25) is 9.35 Å². The lowest BCUT2D eigenvalue weighted by atomic mass is 10.0. The summed E-state index contributed by atoms with van der Waals surface area (Å²) < 4.78 is 25.9. The maximum atomic E-state index is 12.9. The van der Waals surface area contributed by atoms with Gasteiger partial charge in [0.1, 0.15) is 5.75 Å². The molecule has 0 saturated carbocycles. The Hall–Kier alpha value is -2.42. The molecule has 1 aliphatic heterocycles. The normalized spacial score (nSPS) is 15.1. The van der Waals surface area contributed by atoms with Crippen molar-refractivity contribution in [2.45, 2.75) is 32.2 Å². The number of likely N-dealkylation sites (N-methyl/N-ethyl adjacent to an activating group) is 1. The van der Waals surface area contributed by atoms with Crippen molar-refractivity contribution in [3.63, 3.8) is 0 Å². The molecule has 0 radical (unpaired) electrons. The van der Waals surface area contributed by atoms with Crippen molar-refractivity contribution in [1.29, 1.82) is 0 Å². The van der Waals surface area contributed by atoms with Crippen molar-refractivity contribution in [1.82, 2.24) is 9.80 Å². The van der Waals surface area contributed by atoms with Crippen molar-refractivity contribution in [3.05, 3.63) is 65.2 Å². The number of rotatable bonds is 6. The second kappa shape index (κ2) is 11.3. The third-order valence-corrected chi connectivity index (χ3v) is 5.22. The van der Waals surface area contributed by atoms with E-state index in [0.29, 0.717) is 12.7 Å². The molecule has 1 saturated heterocycles. The number of likely N-dealkylation sites (tertiary alicyclic amines) is 1. The van der Waals surface area contributed by atoms with E-state index in [9.17, 15) is 18.3 Å². The van der Waals surface area contributed by atoms with Crippen molar-refractivity contribution < 1.29 is 22.9 Å². The number of benzene rings is 2. The van der Waals surface area contributed by atoms with E-state index in [2.05, 4.69) is 4.90 Å². The number of carbonyl (C=O) groups is 1. The smallest absolute Gasteiger partial charge is 0.261 e. The van der Waals surface area contributed by atoms with Crippen molar-refractivity contribution in [3.8, 4) is 5.75 Å². The molecule has 2 aromatic rings. The van der Waals surface area contributed by atoms with E-state index in [1.807, 2.05) is 55.3 Å². The summed E-state index contributed by atoms with van der Waals surface area (Å²) in [5.74, 6) is 0.342. The second-order valence-electron chi connectivity index (χ2n) is 8.02. The molecule has 31 heavy (non-hydrogen) atoms. The number of nitrogens with zero attached hydrogens (tertiary/aromatic N) is 2. The monoisotopic (exact) mass is 448 g/mol. The summed E-state index contributed by atoms with van der Waals surface area (Å²) in [7, 11) is -1.79. The molecule has 0 aliphatic carbocycles. The molecule has 2 aromatic carbocycles. The zero-order chi connectivity index (χ0) is 23.0. The minimum Gasteiger partial charge on any atom is -0.508 e. The number of phenolic OH excluding ortho intramolecular Hbond substituents is 1. The Labute approximate surface area is 185 Å². The van der Waals surface area contributed by atoms with Gasteiger partial charge in [-0.05, 0) is 56.1 Å². The van der Waals surface area contributed by atoms with Gasteiger partial charge in [0.15, 0.2) is 0 Å². The molecule has 2 N–H and O–H groups in total. The number of hydrogen-bond acceptors (Lipinski definition) is 5. The Kier molecular flexibility index (Phi) is 9.03. The molecule has 1 heterocycles. The summed E-state index contributed by atoms with van der Waals surface area (Å²) in [5.41, 5.74) is 3.21. The van der Waals surface area contributed by atoms with Crippen molar-refractivity contribution in [2.24, 2.45) is 0 Å². The van der Waals surface area contributed by atoms with Crippen LogP contribution in [-0.2, 0) is 21.3 Å². The zero-order valence-electron chi connectivity index (χ0n) is 18.4. The van der Waals surface area contributed by atoms with Crippen LogP contribution in [-0.4, -0.2) is 66.7 Å². The highest BCUT2D eigenvalue weighted by Gasteiger charge is 2.25. The molecular weight excluding hydrogens is 416 g/mol. The van der Waals surface area contributed by atoms with Gasteiger partial charge in [0.25, 0.3) is 10.1 Å². The third-order valence-electron chi connectivity index (χ3n) is 5.22. The van der Waals surface area contributed by atoms with Crippen LogP contribution in [0.1, 0.15) is 35.6 Å². The molecule has 1 aliphatic rings. The van der Waals surface area contributed by atoms with Crippen LogP contribution < -0.4 is 0 Å². The molecule has 3 rings (SSSR count). The van der Waals surface area contributed by atoms with E-state index >= 15 is 0 Å². The van der Waals surface area contributed by atoms with E-state index in [1.165, 1.54) is 18.4 Å². The predicted octanol–water partition coefficient (Wildman–Crippen LogP) is 3.04. The van der Waals surface area contributed by atoms with E-state index in [0.717, 1.165) is 30.8 Å². The molecule has 1 fully saturated rings. The van der Waals surface area contributed by atoms with Gasteiger partial charge in [0.05, 0.1) is 18.7 Å². The minimum absolute atomic E-state index is 0.0573. The average molecular weight is 449 g/mol. The molecule has 8 heteroatoms. The minimum atomic E-state index is -3.67. The first-order valence-corrected chi connectivity index (χ1v) is 12.1. The number of aryl methyl sites for hydroxylation is 1. The highest BCUT2D eigenvalue weighted by molar-refractivity contribution is 7.85. The summed E-state index contributed by atoms with van der Waals surface area (Å²) >= 11 is 0. The van der Waals surface area contributed by atoms with E-state index in [1.54, 1.807) is 12.1 Å². The Balaban J connectivity index is 0.000000614. The van der Waals surface area contributed by atoms with Crippen LogP contribution >= 0.6 is 0 Å². The molecule has 1 atom stereocenters. The van der Waals surface area contributed by atoms with Crippen LogP contribution in [0.4, 0.5) is 0 Å². The van der Waals surface area contributed by atoms with Crippen LogP contribution in [0.3, 0.4) is 0 Å². The predicted molar refractivity (Wildman–Crippen MR) is 122 cm³/mol. The van der Waals surface area contributed by atoms with Crippen LogP contribution in [0.15, 0.2) is 48.5 Å². The van der Waals surface area contributed by atoms with Gasteiger partial charge in [0, 0.05) is 13.6 Å². The summed E-state index contributed by atoms with van der Waals surface area (Å²) in [6.45, 7) is 5.01. The highest BCUT2D eigenvalue weighted by atomic mass is 32.2. The molecule has 0 spiro atoms. The lowest BCUT2D eigenvalue weighted by molar-refractivity contribution is -0.131. The first kappa shape index (κ1) is 24.8. The maximum Gasteiger partial charge on any atom is 0.261 e. The van der Waals surface area contributed by atoms with Crippen LogP contribution in [0.5, 0.6) is 5.75 Å². The molecule has 0 aromatic heterocycles. The first-order valence-electron chi connectivity index (χ1n) is 10.3. The number of aromatic hydroxyl groups is 1. The van der Waals surface area contributed by atoms with Crippen LogP contribution in [0.25, 0.3) is 0 Å². The summed E-state index contributed by atoms with van der Waals surface area (Å²) in [6.07, 6.45) is 3.54. The Morgan fingerprint density at radius 1 is 1.13 bits per heavy atom. The SMILES string of the molecule is CS(=O)(=O)O.Cc1ccc(CC(=O)N(C)C(CN2CCCC2)c2cccc(O)c2)cc1. The fourth-order valence-electron chi connectivity index (χ4n) is 3.57. The maximum absolute atomic E-state index is 12.9. The lowest BCUT2D eigenvalue weighted by Crippen LogP contribution is -2.39. The third kappa shape index (κ3) is 9.08. The van der Waals surface area contributed by atoms with E-state index < -0.39 is 10.1 Å². The van der Waals surface area contributed by atoms with Gasteiger partial charge in [-0.25, -0.2) is 0 Å². The van der Waals surface area contributed by atoms with Crippen LogP contribution in [0, 0.1) is 6.92 Å². The van der Waals surface area contributed by atoms with Gasteiger partial charge >= 0.3 is 0 Å². The largest absolute Gasteiger partial charge is 0.508 e. The van der Waals surface area contributed by atoms with Gasteiger partial charge in [-0.1, -0.05) is 42.0 Å². The van der Waals surface area contributed by atoms with Gasteiger partial charge in [-0.15, -0.1) is 0 Å². The Bertz CT molecular complexity index is 946. The van der Waals surface area contributed by atoms with Crippen molar-refractivity contribution in [2.75, 3.05) is 32.9 Å². The summed E-state index contributed by atoms with van der Waals surface area (Å²) in [5, 5.41) is 9.89. The van der Waals surface area contributed by atoms with E-state index in [4.69, 9.17) is 4.55 Å². The quantitative estimate of drug-likeness (QED) is 0.659. The average Bonchev–Trinajstić information content (AvgIpc) is 3.19. The number of amides is 1. The number of hydrogen-bond donors (Lipinski definition) is 2. The first-order chi connectivity index (χ1) is 14.5. The zero-order valence-corrected chi connectivity index (χ0v) is 19.2. The van der Waals surface area contributed by atoms with Crippen LogP contribution in [0.2, 0.25) is 0 Å². The lowest BCUT2D eigenvalue weighted by Gasteiger charge is -2.32. The topological polar surface area (TPSA) is 98.1 Å². The number of phenols is 1. The standard InChI is InChI=1S/C22H28N2O2.CH4O3S/c1-17-8-10-18(11-9-17)14-22(26)23(2)21(16-24-12-3-4-13-24)19-6-5-7-20(25)15-19;1-5(2,3)4/h5-11,15,21,25H,3-4,12-14,16H2,1-2H3;1H3,(H,2,3,4).